The number of rotatable bonds is 5. The minimum atomic E-state index is -3.47. The number of benzene rings is 2. The van der Waals surface area contributed by atoms with Crippen molar-refractivity contribution in [3.63, 3.8) is 0 Å². The van der Waals surface area contributed by atoms with E-state index < -0.39 is 21.8 Å². The lowest BCUT2D eigenvalue weighted by Crippen LogP contribution is -2.27. The maximum Gasteiger partial charge on any atom is 0.341 e. The van der Waals surface area contributed by atoms with Crippen LogP contribution in [0.4, 0.5) is 4.39 Å². The van der Waals surface area contributed by atoms with Gasteiger partial charge in [0.05, 0.1) is 17.1 Å². The average molecular weight is 377 g/mol. The Hall–Kier alpha value is -2.25. The second-order valence-corrected chi connectivity index (χ2v) is 7.99. The van der Waals surface area contributed by atoms with E-state index in [9.17, 15) is 17.6 Å². The van der Waals surface area contributed by atoms with Gasteiger partial charge < -0.3 is 4.74 Å². The minimum Gasteiger partial charge on any atom is -0.462 e. The normalized spacial score (nSPS) is 15.2. The van der Waals surface area contributed by atoms with Crippen LogP contribution in [0.15, 0.2) is 47.4 Å². The van der Waals surface area contributed by atoms with Crippen LogP contribution in [0.3, 0.4) is 0 Å². The van der Waals surface area contributed by atoms with Crippen LogP contribution in [0.1, 0.15) is 30.1 Å². The number of nitrogens with zero attached hydrogens (tertiary/aromatic N) is 1. The van der Waals surface area contributed by atoms with Gasteiger partial charge in [-0.15, -0.1) is 0 Å². The summed E-state index contributed by atoms with van der Waals surface area (Å²) in [6.45, 7) is 2.90. The first kappa shape index (κ1) is 18.5. The Bertz CT molecular complexity index is 904. The number of sulfonamides is 1. The Kier molecular flexibility index (Phi) is 5.38. The van der Waals surface area contributed by atoms with Crippen LogP contribution in [-0.4, -0.2) is 38.4 Å². The van der Waals surface area contributed by atoms with Gasteiger partial charge in [-0.1, -0.05) is 18.2 Å². The standard InChI is InChI=1S/C19H20FNO4S/c1-2-25-19(22)17-13-15(7-10-18(17)20)14-5-8-16(9-6-14)26(23,24)21-11-3-4-12-21/h5-10,13H,2-4,11-12H2,1H3. The van der Waals surface area contributed by atoms with Crippen molar-refractivity contribution in [1.29, 1.82) is 0 Å². The molecule has 0 atom stereocenters. The van der Waals surface area contributed by atoms with E-state index >= 15 is 0 Å². The van der Waals surface area contributed by atoms with Crippen molar-refractivity contribution in [3.8, 4) is 11.1 Å². The van der Waals surface area contributed by atoms with E-state index in [1.165, 1.54) is 28.6 Å². The van der Waals surface area contributed by atoms with Crippen LogP contribution in [0.25, 0.3) is 11.1 Å². The molecule has 0 N–H and O–H groups in total. The molecule has 0 aliphatic carbocycles. The third kappa shape index (κ3) is 3.64. The molecule has 2 aromatic carbocycles. The Labute approximate surface area is 152 Å². The van der Waals surface area contributed by atoms with Crippen molar-refractivity contribution >= 4 is 16.0 Å². The van der Waals surface area contributed by atoms with Gasteiger partial charge in [0, 0.05) is 13.1 Å². The second-order valence-electron chi connectivity index (χ2n) is 6.05. The summed E-state index contributed by atoms with van der Waals surface area (Å²) in [6.07, 6.45) is 1.76. The third-order valence-corrected chi connectivity index (χ3v) is 6.27. The van der Waals surface area contributed by atoms with Crippen LogP contribution in [0.5, 0.6) is 0 Å². The summed E-state index contributed by atoms with van der Waals surface area (Å²) in [4.78, 5) is 12.1. The first-order chi connectivity index (χ1) is 12.4. The zero-order valence-electron chi connectivity index (χ0n) is 14.4. The molecule has 0 amide bonds. The predicted molar refractivity (Wildman–Crippen MR) is 95.8 cm³/mol. The van der Waals surface area contributed by atoms with Gasteiger partial charge in [0.1, 0.15) is 5.82 Å². The van der Waals surface area contributed by atoms with Crippen LogP contribution >= 0.6 is 0 Å². The monoisotopic (exact) mass is 377 g/mol. The zero-order chi connectivity index (χ0) is 18.7. The van der Waals surface area contributed by atoms with E-state index in [-0.39, 0.29) is 17.1 Å². The van der Waals surface area contributed by atoms with E-state index in [1.807, 2.05) is 0 Å². The quantitative estimate of drug-likeness (QED) is 0.749. The highest BCUT2D eigenvalue weighted by Gasteiger charge is 2.27. The Balaban J connectivity index is 1.89. The number of ether oxygens (including phenoxy) is 1. The van der Waals surface area contributed by atoms with E-state index in [1.54, 1.807) is 25.1 Å². The highest BCUT2D eigenvalue weighted by Crippen LogP contribution is 2.26. The molecule has 0 aromatic heterocycles. The fourth-order valence-electron chi connectivity index (χ4n) is 2.97. The molecular formula is C19H20FNO4S. The van der Waals surface area contributed by atoms with Gasteiger partial charge in [0.25, 0.3) is 0 Å². The topological polar surface area (TPSA) is 63.7 Å². The number of hydrogen-bond donors (Lipinski definition) is 0. The summed E-state index contributed by atoms with van der Waals surface area (Å²) in [6, 6.07) is 10.6. The van der Waals surface area contributed by atoms with E-state index in [0.717, 1.165) is 12.8 Å². The maximum atomic E-state index is 13.9. The third-order valence-electron chi connectivity index (χ3n) is 4.35. The fourth-order valence-corrected chi connectivity index (χ4v) is 4.48. The molecule has 1 saturated heterocycles. The molecule has 5 nitrogen and oxygen atoms in total. The molecular weight excluding hydrogens is 357 g/mol. The first-order valence-corrected chi connectivity index (χ1v) is 9.94. The first-order valence-electron chi connectivity index (χ1n) is 8.50. The number of carbonyl (C=O) groups is 1. The molecule has 3 rings (SSSR count). The molecule has 1 aliphatic rings. The molecule has 1 fully saturated rings. The van der Waals surface area contributed by atoms with Crippen molar-refractivity contribution in [2.45, 2.75) is 24.7 Å². The summed E-state index contributed by atoms with van der Waals surface area (Å²) in [5.74, 6) is -1.37. The molecule has 0 radical (unpaired) electrons. The molecule has 138 valence electrons. The van der Waals surface area contributed by atoms with Gasteiger partial charge in [0.2, 0.25) is 10.0 Å². The van der Waals surface area contributed by atoms with Crippen LogP contribution in [0.2, 0.25) is 0 Å². The summed E-state index contributed by atoms with van der Waals surface area (Å²) >= 11 is 0. The van der Waals surface area contributed by atoms with Crippen molar-refractivity contribution in [1.82, 2.24) is 4.31 Å². The Morgan fingerprint density at radius 2 is 1.69 bits per heavy atom. The maximum absolute atomic E-state index is 13.9. The molecule has 7 heteroatoms. The minimum absolute atomic E-state index is 0.141. The van der Waals surface area contributed by atoms with Gasteiger partial charge in [0.15, 0.2) is 0 Å². The van der Waals surface area contributed by atoms with Crippen molar-refractivity contribution in [2.24, 2.45) is 0 Å². The smallest absolute Gasteiger partial charge is 0.341 e. The number of hydrogen-bond acceptors (Lipinski definition) is 4. The van der Waals surface area contributed by atoms with Crippen molar-refractivity contribution < 1.29 is 22.3 Å². The number of esters is 1. The fraction of sp³-hybridized carbons (Fsp3) is 0.316. The van der Waals surface area contributed by atoms with Gasteiger partial charge in [-0.25, -0.2) is 17.6 Å². The molecule has 1 heterocycles. The molecule has 26 heavy (non-hydrogen) atoms. The lowest BCUT2D eigenvalue weighted by atomic mass is 10.0. The molecule has 0 bridgehead atoms. The molecule has 1 aliphatic heterocycles. The predicted octanol–water partition coefficient (Wildman–Crippen LogP) is 3.45. The number of carbonyl (C=O) groups excluding carboxylic acids is 1. The van der Waals surface area contributed by atoms with E-state index in [0.29, 0.717) is 24.2 Å². The van der Waals surface area contributed by atoms with Gasteiger partial charge >= 0.3 is 5.97 Å². The summed E-state index contributed by atoms with van der Waals surface area (Å²) in [7, 11) is -3.47. The lowest BCUT2D eigenvalue weighted by Gasteiger charge is -2.15. The Morgan fingerprint density at radius 1 is 1.08 bits per heavy atom. The highest BCUT2D eigenvalue weighted by molar-refractivity contribution is 7.89. The van der Waals surface area contributed by atoms with Crippen LogP contribution in [-0.2, 0) is 14.8 Å². The summed E-state index contributed by atoms with van der Waals surface area (Å²) in [5.41, 5.74) is 1.16. The Morgan fingerprint density at radius 3 is 2.31 bits per heavy atom. The molecule has 2 aromatic rings. The second kappa shape index (κ2) is 7.55. The van der Waals surface area contributed by atoms with Gasteiger partial charge in [-0.05, 0) is 55.2 Å². The largest absolute Gasteiger partial charge is 0.462 e. The zero-order valence-corrected chi connectivity index (χ0v) is 15.3. The lowest BCUT2D eigenvalue weighted by molar-refractivity contribution is 0.0521. The molecule has 0 spiro atoms. The SMILES string of the molecule is CCOC(=O)c1cc(-c2ccc(S(=O)(=O)N3CCCC3)cc2)ccc1F. The highest BCUT2D eigenvalue weighted by atomic mass is 32.2. The van der Waals surface area contributed by atoms with Crippen molar-refractivity contribution in [3.05, 3.63) is 53.8 Å². The summed E-state index contributed by atoms with van der Waals surface area (Å²) < 4.78 is 45.3. The van der Waals surface area contributed by atoms with Crippen molar-refractivity contribution in [2.75, 3.05) is 19.7 Å². The van der Waals surface area contributed by atoms with Crippen LogP contribution in [0, 0.1) is 5.82 Å². The van der Waals surface area contributed by atoms with E-state index in [4.69, 9.17) is 4.74 Å². The molecule has 0 saturated carbocycles. The average Bonchev–Trinajstić information content (AvgIpc) is 3.18. The van der Waals surface area contributed by atoms with Gasteiger partial charge in [-0.3, -0.25) is 0 Å². The summed E-state index contributed by atoms with van der Waals surface area (Å²) in [5, 5.41) is 0. The van der Waals surface area contributed by atoms with E-state index in [2.05, 4.69) is 0 Å². The molecule has 0 unspecified atom stereocenters. The number of halogens is 1. The van der Waals surface area contributed by atoms with Crippen LogP contribution < -0.4 is 0 Å². The van der Waals surface area contributed by atoms with Gasteiger partial charge in [-0.2, -0.15) is 4.31 Å².